The predicted octanol–water partition coefficient (Wildman–Crippen LogP) is 2.45. The fourth-order valence-electron chi connectivity index (χ4n) is 1.54. The second kappa shape index (κ2) is 5.12. The summed E-state index contributed by atoms with van der Waals surface area (Å²) in [6.45, 7) is 5.79. The lowest BCUT2D eigenvalue weighted by atomic mass is 9.96. The second-order valence-corrected chi connectivity index (χ2v) is 4.49. The fraction of sp³-hybridized carbons (Fsp3) is 0.462. The minimum Gasteiger partial charge on any atom is -0.325 e. The molecule has 1 aromatic carbocycles. The molecule has 0 aliphatic carbocycles. The van der Waals surface area contributed by atoms with E-state index in [1.165, 1.54) is 5.56 Å². The third-order valence-corrected chi connectivity index (χ3v) is 2.60. The molecule has 1 aromatic rings. The van der Waals surface area contributed by atoms with Crippen molar-refractivity contribution >= 4 is 11.6 Å². The highest BCUT2D eigenvalue weighted by molar-refractivity contribution is 5.97. The van der Waals surface area contributed by atoms with Gasteiger partial charge >= 0.3 is 0 Å². The first-order valence-electron chi connectivity index (χ1n) is 5.62. The van der Waals surface area contributed by atoms with E-state index < -0.39 is 5.54 Å². The van der Waals surface area contributed by atoms with Crippen molar-refractivity contribution in [1.82, 2.24) is 0 Å². The normalized spacial score (nSPS) is 14.2. The summed E-state index contributed by atoms with van der Waals surface area (Å²) in [5.74, 6) is -0.127. The van der Waals surface area contributed by atoms with Gasteiger partial charge in [-0.15, -0.1) is 0 Å². The molecule has 1 rings (SSSR count). The Kier molecular flexibility index (Phi) is 4.07. The van der Waals surface area contributed by atoms with Crippen LogP contribution >= 0.6 is 0 Å². The highest BCUT2D eigenvalue weighted by atomic mass is 16.2. The summed E-state index contributed by atoms with van der Waals surface area (Å²) in [4.78, 5) is 11.9. The molecule has 0 aliphatic rings. The molecular weight excluding hydrogens is 200 g/mol. The standard InChI is InChI=1S/C13H20N2O/c1-4-9-13(3,14)12(16)15-11-7-5-10(2)6-8-11/h5-8H,4,9,14H2,1-3H3,(H,15,16). The molecule has 0 aliphatic heterocycles. The number of nitrogens with two attached hydrogens (primary N) is 1. The van der Waals surface area contributed by atoms with Gasteiger partial charge in [-0.2, -0.15) is 0 Å². The zero-order valence-electron chi connectivity index (χ0n) is 10.2. The molecule has 88 valence electrons. The van der Waals surface area contributed by atoms with Crippen LogP contribution in [0, 0.1) is 6.92 Å². The van der Waals surface area contributed by atoms with Crippen LogP contribution in [0.15, 0.2) is 24.3 Å². The van der Waals surface area contributed by atoms with Crippen LogP contribution in [0.2, 0.25) is 0 Å². The number of carbonyl (C=O) groups excluding carboxylic acids is 1. The Labute approximate surface area is 97.0 Å². The fourth-order valence-corrected chi connectivity index (χ4v) is 1.54. The number of rotatable bonds is 4. The van der Waals surface area contributed by atoms with Gasteiger partial charge in [-0.1, -0.05) is 31.0 Å². The molecule has 0 spiro atoms. The van der Waals surface area contributed by atoms with Crippen LogP contribution in [0.25, 0.3) is 0 Å². The molecule has 3 N–H and O–H groups in total. The number of nitrogens with one attached hydrogen (secondary N) is 1. The first-order valence-corrected chi connectivity index (χ1v) is 5.62. The van der Waals surface area contributed by atoms with Gasteiger partial charge in [0.25, 0.3) is 0 Å². The molecular formula is C13H20N2O. The van der Waals surface area contributed by atoms with Crippen LogP contribution < -0.4 is 11.1 Å². The van der Waals surface area contributed by atoms with E-state index in [0.717, 1.165) is 12.1 Å². The summed E-state index contributed by atoms with van der Waals surface area (Å²) in [6, 6.07) is 7.69. The van der Waals surface area contributed by atoms with E-state index in [1.54, 1.807) is 6.92 Å². The molecule has 1 atom stereocenters. The molecule has 0 bridgehead atoms. The smallest absolute Gasteiger partial charge is 0.244 e. The molecule has 0 fully saturated rings. The molecule has 0 radical (unpaired) electrons. The van der Waals surface area contributed by atoms with E-state index in [2.05, 4.69) is 5.32 Å². The molecule has 1 unspecified atom stereocenters. The SMILES string of the molecule is CCCC(C)(N)C(=O)Nc1ccc(C)cc1. The molecule has 0 aromatic heterocycles. The van der Waals surface area contributed by atoms with Gasteiger partial charge in [0.05, 0.1) is 5.54 Å². The summed E-state index contributed by atoms with van der Waals surface area (Å²) in [5.41, 5.74) is 7.11. The molecule has 0 heterocycles. The van der Waals surface area contributed by atoms with Gasteiger partial charge in [0.1, 0.15) is 0 Å². The highest BCUT2D eigenvalue weighted by Crippen LogP contribution is 2.14. The number of amides is 1. The van der Waals surface area contributed by atoms with Gasteiger partial charge in [-0.05, 0) is 32.4 Å². The lowest BCUT2D eigenvalue weighted by Gasteiger charge is -2.22. The Bertz CT molecular complexity index is 355. The van der Waals surface area contributed by atoms with Crippen molar-refractivity contribution in [2.24, 2.45) is 5.73 Å². The molecule has 3 heteroatoms. The van der Waals surface area contributed by atoms with Crippen LogP contribution in [0.4, 0.5) is 5.69 Å². The zero-order chi connectivity index (χ0) is 12.2. The van der Waals surface area contributed by atoms with E-state index in [1.807, 2.05) is 38.1 Å². The van der Waals surface area contributed by atoms with Gasteiger partial charge in [0.2, 0.25) is 5.91 Å². The van der Waals surface area contributed by atoms with Crippen molar-refractivity contribution in [3.63, 3.8) is 0 Å². The molecule has 3 nitrogen and oxygen atoms in total. The molecule has 0 saturated carbocycles. The van der Waals surface area contributed by atoms with Gasteiger partial charge < -0.3 is 11.1 Å². The van der Waals surface area contributed by atoms with Gasteiger partial charge in [-0.3, -0.25) is 4.79 Å². The van der Waals surface area contributed by atoms with Gasteiger partial charge in [0.15, 0.2) is 0 Å². The third kappa shape index (κ3) is 3.35. The quantitative estimate of drug-likeness (QED) is 0.819. The maximum absolute atomic E-state index is 11.9. The Morgan fingerprint density at radius 1 is 1.38 bits per heavy atom. The Hall–Kier alpha value is -1.35. The number of aryl methyl sites for hydroxylation is 1. The van der Waals surface area contributed by atoms with E-state index in [9.17, 15) is 4.79 Å². The average Bonchev–Trinajstić information content (AvgIpc) is 2.21. The Morgan fingerprint density at radius 2 is 1.94 bits per heavy atom. The molecule has 1 amide bonds. The number of anilines is 1. The van der Waals surface area contributed by atoms with Crippen molar-refractivity contribution in [3.05, 3.63) is 29.8 Å². The number of hydrogen-bond donors (Lipinski definition) is 2. The molecule has 16 heavy (non-hydrogen) atoms. The van der Waals surface area contributed by atoms with Crippen molar-refractivity contribution in [2.45, 2.75) is 39.2 Å². The summed E-state index contributed by atoms with van der Waals surface area (Å²) in [5, 5.41) is 2.83. The monoisotopic (exact) mass is 220 g/mol. The third-order valence-electron chi connectivity index (χ3n) is 2.60. The minimum atomic E-state index is -0.792. The maximum Gasteiger partial charge on any atom is 0.244 e. The predicted molar refractivity (Wildman–Crippen MR) is 67.3 cm³/mol. The second-order valence-electron chi connectivity index (χ2n) is 4.49. The van der Waals surface area contributed by atoms with E-state index >= 15 is 0 Å². The number of hydrogen-bond acceptors (Lipinski definition) is 2. The van der Waals surface area contributed by atoms with Crippen LogP contribution in [-0.2, 0) is 4.79 Å². The van der Waals surface area contributed by atoms with E-state index in [4.69, 9.17) is 5.73 Å². The van der Waals surface area contributed by atoms with Crippen molar-refractivity contribution in [1.29, 1.82) is 0 Å². The lowest BCUT2D eigenvalue weighted by Crippen LogP contribution is -2.48. The highest BCUT2D eigenvalue weighted by Gasteiger charge is 2.26. The largest absolute Gasteiger partial charge is 0.325 e. The van der Waals surface area contributed by atoms with Crippen LogP contribution in [0.3, 0.4) is 0 Å². The first kappa shape index (κ1) is 12.7. The summed E-state index contributed by atoms with van der Waals surface area (Å²) in [7, 11) is 0. The Balaban J connectivity index is 2.67. The topological polar surface area (TPSA) is 55.1 Å². The van der Waals surface area contributed by atoms with Crippen molar-refractivity contribution in [3.8, 4) is 0 Å². The van der Waals surface area contributed by atoms with Crippen LogP contribution in [0.5, 0.6) is 0 Å². The number of carbonyl (C=O) groups is 1. The summed E-state index contributed by atoms with van der Waals surface area (Å²) in [6.07, 6.45) is 1.58. The van der Waals surface area contributed by atoms with Crippen LogP contribution in [-0.4, -0.2) is 11.4 Å². The minimum absolute atomic E-state index is 0.127. The Morgan fingerprint density at radius 3 is 2.44 bits per heavy atom. The summed E-state index contributed by atoms with van der Waals surface area (Å²) >= 11 is 0. The first-order chi connectivity index (χ1) is 7.45. The summed E-state index contributed by atoms with van der Waals surface area (Å²) < 4.78 is 0. The van der Waals surface area contributed by atoms with E-state index in [-0.39, 0.29) is 5.91 Å². The van der Waals surface area contributed by atoms with Gasteiger partial charge in [0, 0.05) is 5.69 Å². The number of benzene rings is 1. The van der Waals surface area contributed by atoms with E-state index in [0.29, 0.717) is 6.42 Å². The van der Waals surface area contributed by atoms with Crippen LogP contribution in [0.1, 0.15) is 32.3 Å². The zero-order valence-corrected chi connectivity index (χ0v) is 10.2. The van der Waals surface area contributed by atoms with Crippen molar-refractivity contribution < 1.29 is 4.79 Å². The van der Waals surface area contributed by atoms with Gasteiger partial charge in [-0.25, -0.2) is 0 Å². The van der Waals surface area contributed by atoms with Crippen molar-refractivity contribution in [2.75, 3.05) is 5.32 Å². The lowest BCUT2D eigenvalue weighted by molar-refractivity contribution is -0.120. The average molecular weight is 220 g/mol. The molecule has 0 saturated heterocycles. The maximum atomic E-state index is 11.9.